The van der Waals surface area contributed by atoms with Gasteiger partial charge >= 0.3 is 5.97 Å². The quantitative estimate of drug-likeness (QED) is 0.824. The lowest BCUT2D eigenvalue weighted by atomic mass is 10.0. The van der Waals surface area contributed by atoms with E-state index in [1.165, 1.54) is 6.07 Å². The van der Waals surface area contributed by atoms with Crippen molar-refractivity contribution in [2.75, 3.05) is 0 Å². The summed E-state index contributed by atoms with van der Waals surface area (Å²) in [5.41, 5.74) is 0. The Morgan fingerprint density at radius 3 is 2.47 bits per heavy atom. The van der Waals surface area contributed by atoms with Crippen LogP contribution in [0.2, 0.25) is 0 Å². The van der Waals surface area contributed by atoms with Crippen molar-refractivity contribution in [2.24, 2.45) is 5.92 Å². The normalized spacial score (nSPS) is 14.9. The largest absolute Gasteiger partial charge is 0.480 e. The van der Waals surface area contributed by atoms with Crippen molar-refractivity contribution in [2.45, 2.75) is 31.2 Å². The Balaban J connectivity index is 3.08. The molecule has 0 spiro atoms. The maximum atomic E-state index is 12.2. The molecule has 0 fully saturated rings. The van der Waals surface area contributed by atoms with Crippen molar-refractivity contribution < 1.29 is 18.3 Å². The average Bonchev–Trinajstić information content (AvgIpc) is 2.35. The van der Waals surface area contributed by atoms with Crippen LogP contribution in [0.15, 0.2) is 33.6 Å². The Labute approximate surface area is 121 Å². The van der Waals surface area contributed by atoms with E-state index in [0.29, 0.717) is 10.9 Å². The number of hydrogen-bond acceptors (Lipinski definition) is 3. The SMILES string of the molecule is CCC(C)C(NS(=O)(=O)c1ccccc1Br)C(=O)O. The Kier molecular flexibility index (Phi) is 5.51. The molecule has 0 aromatic heterocycles. The fourth-order valence-corrected chi connectivity index (χ4v) is 3.84. The van der Waals surface area contributed by atoms with Crippen LogP contribution in [0.5, 0.6) is 0 Å². The lowest BCUT2D eigenvalue weighted by Crippen LogP contribution is -2.44. The summed E-state index contributed by atoms with van der Waals surface area (Å²) in [6.45, 7) is 3.51. The molecule has 19 heavy (non-hydrogen) atoms. The van der Waals surface area contributed by atoms with E-state index in [1.54, 1.807) is 25.1 Å². The van der Waals surface area contributed by atoms with Gasteiger partial charge in [0.15, 0.2) is 0 Å². The predicted molar refractivity (Wildman–Crippen MR) is 75.3 cm³/mol. The molecule has 0 aliphatic carbocycles. The highest BCUT2D eigenvalue weighted by Crippen LogP contribution is 2.22. The zero-order valence-electron chi connectivity index (χ0n) is 10.6. The standard InChI is InChI=1S/C12H16BrNO4S/c1-3-8(2)11(12(15)16)14-19(17,18)10-7-5-4-6-9(10)13/h4-8,11,14H,3H2,1-2H3,(H,15,16). The summed E-state index contributed by atoms with van der Waals surface area (Å²) < 4.78 is 27.0. The molecule has 2 unspecified atom stereocenters. The molecule has 2 N–H and O–H groups in total. The van der Waals surface area contributed by atoms with Gasteiger partial charge in [-0.25, -0.2) is 8.42 Å². The molecule has 0 saturated heterocycles. The fourth-order valence-electron chi connectivity index (χ4n) is 1.54. The number of nitrogens with one attached hydrogen (secondary N) is 1. The molecule has 1 rings (SSSR count). The van der Waals surface area contributed by atoms with Crippen molar-refractivity contribution in [1.29, 1.82) is 0 Å². The third-order valence-electron chi connectivity index (χ3n) is 2.89. The van der Waals surface area contributed by atoms with Gasteiger partial charge in [0.05, 0.1) is 4.90 Å². The third-order valence-corrected chi connectivity index (χ3v) is 5.34. The monoisotopic (exact) mass is 349 g/mol. The van der Waals surface area contributed by atoms with Crippen LogP contribution in [0.25, 0.3) is 0 Å². The van der Waals surface area contributed by atoms with Crippen LogP contribution in [0.1, 0.15) is 20.3 Å². The van der Waals surface area contributed by atoms with Gasteiger partial charge in [-0.2, -0.15) is 4.72 Å². The van der Waals surface area contributed by atoms with E-state index in [2.05, 4.69) is 20.7 Å². The van der Waals surface area contributed by atoms with Gasteiger partial charge in [-0.05, 0) is 34.0 Å². The first-order valence-electron chi connectivity index (χ1n) is 5.79. The highest BCUT2D eigenvalue weighted by atomic mass is 79.9. The summed E-state index contributed by atoms with van der Waals surface area (Å²) >= 11 is 3.15. The van der Waals surface area contributed by atoms with Gasteiger partial charge in [0.25, 0.3) is 0 Å². The molecule has 0 saturated carbocycles. The number of aliphatic carboxylic acids is 1. The van der Waals surface area contributed by atoms with Gasteiger partial charge < -0.3 is 5.11 Å². The molecule has 7 heteroatoms. The average molecular weight is 350 g/mol. The molecule has 0 bridgehead atoms. The number of halogens is 1. The van der Waals surface area contributed by atoms with Crippen LogP contribution in [0, 0.1) is 5.92 Å². The zero-order chi connectivity index (χ0) is 14.6. The minimum atomic E-state index is -3.87. The number of carboxylic acid groups (broad SMARTS) is 1. The van der Waals surface area contributed by atoms with E-state index >= 15 is 0 Å². The van der Waals surface area contributed by atoms with Crippen LogP contribution < -0.4 is 4.72 Å². The number of rotatable bonds is 6. The van der Waals surface area contributed by atoms with Gasteiger partial charge in [-0.1, -0.05) is 32.4 Å². The van der Waals surface area contributed by atoms with Crippen LogP contribution in [-0.2, 0) is 14.8 Å². The van der Waals surface area contributed by atoms with Gasteiger partial charge in [0.1, 0.15) is 6.04 Å². The first kappa shape index (κ1) is 16.1. The molecule has 0 amide bonds. The van der Waals surface area contributed by atoms with Crippen molar-refractivity contribution in [3.8, 4) is 0 Å². The molecule has 5 nitrogen and oxygen atoms in total. The number of benzene rings is 1. The maximum Gasteiger partial charge on any atom is 0.322 e. The van der Waals surface area contributed by atoms with E-state index < -0.39 is 22.0 Å². The lowest BCUT2D eigenvalue weighted by Gasteiger charge is -2.20. The van der Waals surface area contributed by atoms with Crippen LogP contribution in [-0.4, -0.2) is 25.5 Å². The van der Waals surface area contributed by atoms with E-state index in [9.17, 15) is 13.2 Å². The lowest BCUT2D eigenvalue weighted by molar-refractivity contribution is -0.140. The van der Waals surface area contributed by atoms with Crippen molar-refractivity contribution in [1.82, 2.24) is 4.72 Å². The summed E-state index contributed by atoms with van der Waals surface area (Å²) in [7, 11) is -3.87. The first-order chi connectivity index (χ1) is 8.79. The molecular weight excluding hydrogens is 334 g/mol. The molecule has 0 aliphatic heterocycles. The van der Waals surface area contributed by atoms with E-state index in [-0.39, 0.29) is 10.8 Å². The fraction of sp³-hybridized carbons (Fsp3) is 0.417. The van der Waals surface area contributed by atoms with Crippen molar-refractivity contribution in [3.63, 3.8) is 0 Å². The molecule has 106 valence electrons. The van der Waals surface area contributed by atoms with Gasteiger partial charge in [0.2, 0.25) is 10.0 Å². The summed E-state index contributed by atoms with van der Waals surface area (Å²) in [4.78, 5) is 11.2. The Morgan fingerprint density at radius 2 is 2.00 bits per heavy atom. The minimum absolute atomic E-state index is 0.0320. The first-order valence-corrected chi connectivity index (χ1v) is 8.07. The second-order valence-corrected chi connectivity index (χ2v) is 6.79. The number of sulfonamides is 1. The number of carbonyl (C=O) groups is 1. The van der Waals surface area contributed by atoms with Crippen LogP contribution in [0.4, 0.5) is 0 Å². The van der Waals surface area contributed by atoms with E-state index in [0.717, 1.165) is 0 Å². The minimum Gasteiger partial charge on any atom is -0.480 e. The summed E-state index contributed by atoms with van der Waals surface area (Å²) in [5, 5.41) is 9.12. The highest BCUT2D eigenvalue weighted by Gasteiger charge is 2.30. The van der Waals surface area contributed by atoms with E-state index in [4.69, 9.17) is 5.11 Å². The second kappa shape index (κ2) is 6.49. The predicted octanol–water partition coefficient (Wildman–Crippen LogP) is 2.23. The molecule has 2 atom stereocenters. The third kappa shape index (κ3) is 4.02. The number of hydrogen-bond donors (Lipinski definition) is 2. The second-order valence-electron chi connectivity index (χ2n) is 4.25. The van der Waals surface area contributed by atoms with Crippen molar-refractivity contribution >= 4 is 31.9 Å². The highest BCUT2D eigenvalue weighted by molar-refractivity contribution is 9.10. The summed E-state index contributed by atoms with van der Waals surface area (Å²) in [6, 6.07) is 5.14. The van der Waals surface area contributed by atoms with Crippen LogP contribution >= 0.6 is 15.9 Å². The smallest absolute Gasteiger partial charge is 0.322 e. The van der Waals surface area contributed by atoms with Crippen LogP contribution in [0.3, 0.4) is 0 Å². The molecule has 0 radical (unpaired) electrons. The molecule has 0 heterocycles. The molecule has 1 aromatic rings. The zero-order valence-corrected chi connectivity index (χ0v) is 13.0. The summed E-state index contributed by atoms with van der Waals surface area (Å²) in [6.07, 6.45) is 0.565. The van der Waals surface area contributed by atoms with E-state index in [1.807, 2.05) is 6.92 Å². The topological polar surface area (TPSA) is 83.5 Å². The summed E-state index contributed by atoms with van der Waals surface area (Å²) in [5.74, 6) is -1.47. The van der Waals surface area contributed by atoms with Gasteiger partial charge in [-0.15, -0.1) is 0 Å². The Morgan fingerprint density at radius 1 is 1.42 bits per heavy atom. The molecule has 1 aromatic carbocycles. The van der Waals surface area contributed by atoms with Gasteiger partial charge in [-0.3, -0.25) is 4.79 Å². The molecule has 0 aliphatic rings. The number of carboxylic acids is 1. The Bertz CT molecular complexity index is 559. The molecular formula is C12H16BrNO4S. The maximum absolute atomic E-state index is 12.2. The van der Waals surface area contributed by atoms with Crippen molar-refractivity contribution in [3.05, 3.63) is 28.7 Å². The Hall–Kier alpha value is -0.920. The van der Waals surface area contributed by atoms with Gasteiger partial charge in [0, 0.05) is 4.47 Å².